The zero-order valence-electron chi connectivity index (χ0n) is 9.13. The van der Waals surface area contributed by atoms with Gasteiger partial charge in [-0.15, -0.1) is 11.3 Å². The Balaban J connectivity index is 2.32. The van der Waals surface area contributed by atoms with Crippen LogP contribution in [-0.2, 0) is 10.0 Å². The summed E-state index contributed by atoms with van der Waals surface area (Å²) in [6, 6.07) is 0. The maximum Gasteiger partial charge on any atom is 0.357 e. The Morgan fingerprint density at radius 3 is 2.82 bits per heavy atom. The van der Waals surface area contributed by atoms with Crippen molar-refractivity contribution in [3.63, 3.8) is 0 Å². The van der Waals surface area contributed by atoms with Gasteiger partial charge in [-0.2, -0.15) is 0 Å². The van der Waals surface area contributed by atoms with E-state index in [4.69, 9.17) is 5.11 Å². The number of carboxylic acid groups (broad SMARTS) is 1. The molecule has 9 heteroatoms. The van der Waals surface area contributed by atoms with Gasteiger partial charge in [0.25, 0.3) is 0 Å². The van der Waals surface area contributed by atoms with E-state index < -0.39 is 16.0 Å². The Kier molecular flexibility index (Phi) is 4.85. The maximum absolute atomic E-state index is 10.7. The minimum absolute atomic E-state index is 0.00827. The highest BCUT2D eigenvalue weighted by Crippen LogP contribution is 2.19. The first kappa shape index (κ1) is 13.9. The molecule has 1 rings (SSSR count). The van der Waals surface area contributed by atoms with Crippen molar-refractivity contribution >= 4 is 32.3 Å². The molecule has 96 valence electrons. The van der Waals surface area contributed by atoms with Gasteiger partial charge in [-0.3, -0.25) is 0 Å². The number of thiazole rings is 1. The second-order valence-electron chi connectivity index (χ2n) is 3.28. The molecular formula is C8H13N3O4S2. The van der Waals surface area contributed by atoms with Crippen LogP contribution in [0.2, 0.25) is 0 Å². The Morgan fingerprint density at radius 1 is 1.53 bits per heavy atom. The average Bonchev–Trinajstić information content (AvgIpc) is 2.63. The van der Waals surface area contributed by atoms with Crippen LogP contribution in [0.25, 0.3) is 0 Å². The van der Waals surface area contributed by atoms with Crippen LogP contribution < -0.4 is 10.0 Å². The molecule has 0 fully saturated rings. The van der Waals surface area contributed by atoms with E-state index in [0.717, 1.165) is 6.26 Å². The SMILES string of the molecule is CS(=O)(=O)NCCCNc1scnc1C(=O)O. The molecular weight excluding hydrogens is 266 g/mol. The lowest BCUT2D eigenvalue weighted by Crippen LogP contribution is -2.24. The highest BCUT2D eigenvalue weighted by Gasteiger charge is 2.12. The summed E-state index contributed by atoms with van der Waals surface area (Å²) in [6.45, 7) is 0.790. The summed E-state index contributed by atoms with van der Waals surface area (Å²) in [5.41, 5.74) is 1.44. The van der Waals surface area contributed by atoms with Gasteiger partial charge in [0, 0.05) is 13.1 Å². The van der Waals surface area contributed by atoms with Crippen molar-refractivity contribution in [2.24, 2.45) is 0 Å². The predicted molar refractivity (Wildman–Crippen MR) is 65.0 cm³/mol. The molecule has 0 aromatic carbocycles. The van der Waals surface area contributed by atoms with Gasteiger partial charge in [0.1, 0.15) is 5.00 Å². The minimum Gasteiger partial charge on any atom is -0.476 e. The van der Waals surface area contributed by atoms with Gasteiger partial charge < -0.3 is 10.4 Å². The van der Waals surface area contributed by atoms with E-state index >= 15 is 0 Å². The standard InChI is InChI=1S/C8H13N3O4S2/c1-17(14,15)11-4-2-3-9-7-6(8(12)13)10-5-16-7/h5,9,11H,2-4H2,1H3,(H,12,13). The molecule has 0 radical (unpaired) electrons. The first-order valence-electron chi connectivity index (χ1n) is 4.75. The van der Waals surface area contributed by atoms with Gasteiger partial charge in [-0.25, -0.2) is 22.9 Å². The van der Waals surface area contributed by atoms with Crippen LogP contribution >= 0.6 is 11.3 Å². The average molecular weight is 279 g/mol. The molecule has 0 bridgehead atoms. The van der Waals surface area contributed by atoms with E-state index in [9.17, 15) is 13.2 Å². The van der Waals surface area contributed by atoms with Crippen LogP contribution in [0.3, 0.4) is 0 Å². The predicted octanol–water partition coefficient (Wildman–Crippen LogP) is 0.192. The number of aromatic nitrogens is 1. The van der Waals surface area contributed by atoms with Gasteiger partial charge in [0.15, 0.2) is 5.69 Å². The molecule has 0 saturated carbocycles. The van der Waals surface area contributed by atoms with E-state index in [1.54, 1.807) is 0 Å². The van der Waals surface area contributed by atoms with Crippen LogP contribution in [0, 0.1) is 0 Å². The van der Waals surface area contributed by atoms with E-state index in [1.165, 1.54) is 16.8 Å². The third-order valence-electron chi connectivity index (χ3n) is 1.77. The second kappa shape index (κ2) is 5.94. The fraction of sp³-hybridized carbons (Fsp3) is 0.500. The number of rotatable bonds is 7. The molecule has 1 aromatic heterocycles. The molecule has 0 saturated heterocycles. The van der Waals surface area contributed by atoms with E-state index in [1.807, 2.05) is 0 Å². The number of aromatic carboxylic acids is 1. The maximum atomic E-state index is 10.7. The van der Waals surface area contributed by atoms with Crippen molar-refractivity contribution < 1.29 is 18.3 Å². The van der Waals surface area contributed by atoms with Crippen molar-refractivity contribution in [3.8, 4) is 0 Å². The van der Waals surface area contributed by atoms with Crippen molar-refractivity contribution in [3.05, 3.63) is 11.2 Å². The van der Waals surface area contributed by atoms with Crippen molar-refractivity contribution in [1.29, 1.82) is 0 Å². The molecule has 1 aromatic rings. The lowest BCUT2D eigenvalue weighted by molar-refractivity contribution is 0.0692. The van der Waals surface area contributed by atoms with E-state index in [-0.39, 0.29) is 5.69 Å². The molecule has 0 spiro atoms. The van der Waals surface area contributed by atoms with Crippen molar-refractivity contribution in [1.82, 2.24) is 9.71 Å². The van der Waals surface area contributed by atoms with Crippen LogP contribution in [0.5, 0.6) is 0 Å². The molecule has 0 aliphatic carbocycles. The van der Waals surface area contributed by atoms with Crippen molar-refractivity contribution in [2.75, 3.05) is 24.7 Å². The van der Waals surface area contributed by atoms with Crippen LogP contribution in [0.1, 0.15) is 16.9 Å². The molecule has 0 aliphatic rings. The Bertz CT molecular complexity index is 483. The summed E-state index contributed by atoms with van der Waals surface area (Å²) >= 11 is 1.20. The van der Waals surface area contributed by atoms with Crippen LogP contribution in [0.15, 0.2) is 5.51 Å². The third-order valence-corrected chi connectivity index (χ3v) is 3.29. The first-order valence-corrected chi connectivity index (χ1v) is 7.52. The lowest BCUT2D eigenvalue weighted by Gasteiger charge is -2.04. The molecule has 1 heterocycles. The quantitative estimate of drug-likeness (QED) is 0.615. The molecule has 17 heavy (non-hydrogen) atoms. The van der Waals surface area contributed by atoms with Crippen molar-refractivity contribution in [2.45, 2.75) is 6.42 Å². The first-order chi connectivity index (χ1) is 7.90. The Labute approximate surface area is 103 Å². The van der Waals surface area contributed by atoms with Gasteiger partial charge in [-0.1, -0.05) is 0 Å². The van der Waals surface area contributed by atoms with Gasteiger partial charge in [0.05, 0.1) is 11.8 Å². The molecule has 0 aliphatic heterocycles. The smallest absolute Gasteiger partial charge is 0.357 e. The number of hydrogen-bond donors (Lipinski definition) is 3. The fourth-order valence-corrected chi connectivity index (χ4v) is 2.29. The normalized spacial score (nSPS) is 11.4. The molecule has 3 N–H and O–H groups in total. The lowest BCUT2D eigenvalue weighted by atomic mass is 10.4. The number of sulfonamides is 1. The van der Waals surface area contributed by atoms with Gasteiger partial charge in [-0.05, 0) is 6.42 Å². The van der Waals surface area contributed by atoms with E-state index in [0.29, 0.717) is 24.5 Å². The summed E-state index contributed by atoms with van der Waals surface area (Å²) in [5.74, 6) is -1.08. The number of nitrogens with zero attached hydrogens (tertiary/aromatic N) is 1. The topological polar surface area (TPSA) is 108 Å². The number of carboxylic acids is 1. The second-order valence-corrected chi connectivity index (χ2v) is 5.97. The fourth-order valence-electron chi connectivity index (χ4n) is 1.07. The zero-order chi connectivity index (χ0) is 12.9. The summed E-state index contributed by atoms with van der Waals surface area (Å²) in [6.07, 6.45) is 1.65. The third kappa shape index (κ3) is 5.11. The number of anilines is 1. The molecule has 0 atom stereocenters. The highest BCUT2D eigenvalue weighted by molar-refractivity contribution is 7.88. The minimum atomic E-state index is -3.16. The number of hydrogen-bond acceptors (Lipinski definition) is 6. The summed E-state index contributed by atoms with van der Waals surface area (Å²) in [7, 11) is -3.16. The summed E-state index contributed by atoms with van der Waals surface area (Å²) < 4.78 is 23.8. The molecule has 7 nitrogen and oxygen atoms in total. The van der Waals surface area contributed by atoms with Gasteiger partial charge in [0.2, 0.25) is 10.0 Å². The number of nitrogens with one attached hydrogen (secondary N) is 2. The zero-order valence-corrected chi connectivity index (χ0v) is 10.8. The monoisotopic (exact) mass is 279 g/mol. The summed E-state index contributed by atoms with van der Waals surface area (Å²) in [5, 5.41) is 12.2. The Hall–Kier alpha value is -1.19. The van der Waals surface area contributed by atoms with Gasteiger partial charge >= 0.3 is 5.97 Å². The molecule has 0 amide bonds. The number of carbonyl (C=O) groups is 1. The molecule has 0 unspecified atom stereocenters. The van der Waals surface area contributed by atoms with Crippen LogP contribution in [-0.4, -0.2) is 43.8 Å². The highest BCUT2D eigenvalue weighted by atomic mass is 32.2. The summed E-state index contributed by atoms with van der Waals surface area (Å²) in [4.78, 5) is 14.4. The van der Waals surface area contributed by atoms with E-state index in [2.05, 4.69) is 15.0 Å². The van der Waals surface area contributed by atoms with Crippen LogP contribution in [0.4, 0.5) is 5.00 Å². The largest absolute Gasteiger partial charge is 0.476 e. The Morgan fingerprint density at radius 2 is 2.24 bits per heavy atom.